The first-order chi connectivity index (χ1) is 7.75. The van der Waals surface area contributed by atoms with E-state index in [1.165, 1.54) is 11.3 Å². The summed E-state index contributed by atoms with van der Waals surface area (Å²) in [5.41, 5.74) is 3.74. The molecule has 1 aromatic carbocycles. The molecular weight excluding hydrogens is 389 g/mol. The first-order valence-electron chi connectivity index (χ1n) is 5.24. The van der Waals surface area contributed by atoms with Crippen molar-refractivity contribution in [3.05, 3.63) is 59.9 Å². The number of aromatic nitrogens is 1. The van der Waals surface area contributed by atoms with E-state index in [-0.39, 0.29) is 0 Å². The van der Waals surface area contributed by atoms with Gasteiger partial charge in [0, 0.05) is 0 Å². The van der Waals surface area contributed by atoms with Crippen LogP contribution in [-0.4, -0.2) is 31.0 Å². The number of hydrogen-bond acceptors (Lipinski definition) is 2. The molecule has 1 heterocycles. The molecule has 0 saturated heterocycles. The summed E-state index contributed by atoms with van der Waals surface area (Å²) in [5.74, 6) is 0. The molecule has 2 nitrogen and oxygen atoms in total. The summed E-state index contributed by atoms with van der Waals surface area (Å²) in [6.45, 7) is 3.04. The van der Waals surface area contributed by atoms with Crippen LogP contribution in [0.2, 0.25) is 0 Å². The number of rotatable bonds is 3. The molecule has 3 heteroatoms. The van der Waals surface area contributed by atoms with Gasteiger partial charge >= 0.3 is 113 Å². The van der Waals surface area contributed by atoms with Gasteiger partial charge in [-0.25, -0.2) is 0 Å². The molecular formula is C13H13N2Tl. The predicted octanol–water partition coefficient (Wildman–Crippen LogP) is 2.48. The molecule has 0 spiro atoms. The summed E-state index contributed by atoms with van der Waals surface area (Å²) in [7, 11) is 0. The van der Waals surface area contributed by atoms with Crippen molar-refractivity contribution in [2.24, 2.45) is 0 Å². The summed E-state index contributed by atoms with van der Waals surface area (Å²) in [5, 5.41) is 0. The van der Waals surface area contributed by atoms with E-state index in [9.17, 15) is 0 Å². The summed E-state index contributed by atoms with van der Waals surface area (Å²) in [4.78, 5) is 4.35. The van der Waals surface area contributed by atoms with Crippen LogP contribution in [0, 0.1) is 6.92 Å². The van der Waals surface area contributed by atoms with E-state index >= 15 is 0 Å². The number of aryl methyl sites for hydroxylation is 1. The summed E-state index contributed by atoms with van der Waals surface area (Å²) in [6, 6.07) is 14.7. The van der Waals surface area contributed by atoms with Crippen molar-refractivity contribution in [2.75, 3.05) is 2.71 Å². The van der Waals surface area contributed by atoms with Crippen LogP contribution in [-0.2, 0) is 6.54 Å². The van der Waals surface area contributed by atoms with Crippen LogP contribution >= 0.6 is 0 Å². The van der Waals surface area contributed by atoms with Gasteiger partial charge in [0.05, 0.1) is 0 Å². The quantitative estimate of drug-likeness (QED) is 0.735. The van der Waals surface area contributed by atoms with Crippen molar-refractivity contribution >= 4 is 31.8 Å². The molecule has 0 aliphatic carbocycles. The van der Waals surface area contributed by atoms with Crippen molar-refractivity contribution < 1.29 is 0 Å². The Balaban J connectivity index is 2.12. The SMILES string of the molecule is Cc1cccc([N]([Tl])Cc2ccccn2)c1. The Bertz CT molecular complexity index is 456. The van der Waals surface area contributed by atoms with E-state index in [4.69, 9.17) is 0 Å². The van der Waals surface area contributed by atoms with Gasteiger partial charge in [-0.15, -0.1) is 0 Å². The second-order valence-corrected chi connectivity index (χ2v) is 6.21. The van der Waals surface area contributed by atoms with Crippen molar-refractivity contribution in [2.45, 2.75) is 13.5 Å². The standard InChI is InChI=1S/C13H13N2.Tl/c1-11-5-4-7-12(9-11)15-10-13-6-2-3-8-14-13;/h2-9H,10H2,1H3;/q-1;+1. The van der Waals surface area contributed by atoms with Crippen LogP contribution in [0.25, 0.3) is 0 Å². The summed E-state index contributed by atoms with van der Waals surface area (Å²) < 4.78 is 2.37. The number of pyridine rings is 1. The zero-order valence-corrected chi connectivity index (χ0v) is 13.8. The maximum atomic E-state index is 4.35. The van der Waals surface area contributed by atoms with Crippen molar-refractivity contribution in [3.63, 3.8) is 0 Å². The van der Waals surface area contributed by atoms with Crippen molar-refractivity contribution in [1.29, 1.82) is 0 Å². The van der Waals surface area contributed by atoms with E-state index in [1.807, 2.05) is 18.3 Å². The summed E-state index contributed by atoms with van der Waals surface area (Å²) in [6.07, 6.45) is 1.85. The number of anilines is 1. The van der Waals surface area contributed by atoms with E-state index in [2.05, 4.69) is 44.9 Å². The van der Waals surface area contributed by atoms with Crippen LogP contribution in [0.4, 0.5) is 5.69 Å². The molecule has 0 amide bonds. The molecule has 0 saturated carbocycles. The van der Waals surface area contributed by atoms with Gasteiger partial charge in [-0.2, -0.15) is 0 Å². The normalized spacial score (nSPS) is 10.0. The fourth-order valence-corrected chi connectivity index (χ4v) is 2.92. The topological polar surface area (TPSA) is 16.1 Å². The first kappa shape index (κ1) is 11.6. The van der Waals surface area contributed by atoms with E-state index in [1.54, 1.807) is 0 Å². The van der Waals surface area contributed by atoms with E-state index < -0.39 is 0 Å². The molecule has 78 valence electrons. The van der Waals surface area contributed by atoms with Gasteiger partial charge in [0.15, 0.2) is 0 Å². The molecule has 0 aliphatic heterocycles. The fraction of sp³-hybridized carbons (Fsp3) is 0.154. The van der Waals surface area contributed by atoms with Gasteiger partial charge in [-0.3, -0.25) is 0 Å². The Morgan fingerprint density at radius 1 is 1.19 bits per heavy atom. The molecule has 1 aromatic heterocycles. The maximum absolute atomic E-state index is 4.35. The second kappa shape index (κ2) is 5.43. The average molecular weight is 402 g/mol. The molecule has 2 rings (SSSR count). The second-order valence-electron chi connectivity index (χ2n) is 3.79. The van der Waals surface area contributed by atoms with Gasteiger partial charge in [-0.1, -0.05) is 0 Å². The minimum absolute atomic E-state index is 0.786. The molecule has 2 aromatic rings. The third-order valence-corrected chi connectivity index (χ3v) is 4.26. The van der Waals surface area contributed by atoms with E-state index in [0.717, 1.165) is 38.3 Å². The zero-order valence-electron chi connectivity index (χ0n) is 9.30. The Morgan fingerprint density at radius 3 is 2.75 bits per heavy atom. The summed E-state index contributed by atoms with van der Waals surface area (Å²) >= 11 is 0.786. The average Bonchev–Trinajstić information content (AvgIpc) is 2.30. The number of hydrogen-bond donors (Lipinski definition) is 0. The monoisotopic (exact) mass is 402 g/mol. The zero-order chi connectivity index (χ0) is 11.4. The Kier molecular flexibility index (Phi) is 3.93. The minimum atomic E-state index is 0.786. The molecule has 0 atom stereocenters. The third-order valence-electron chi connectivity index (χ3n) is 2.39. The molecule has 0 unspecified atom stereocenters. The van der Waals surface area contributed by atoms with Gasteiger partial charge in [-0.05, 0) is 0 Å². The molecule has 0 bridgehead atoms. The van der Waals surface area contributed by atoms with Crippen molar-refractivity contribution in [1.82, 2.24) is 4.98 Å². The van der Waals surface area contributed by atoms with Crippen LogP contribution in [0.5, 0.6) is 0 Å². The Morgan fingerprint density at radius 2 is 2.06 bits per heavy atom. The van der Waals surface area contributed by atoms with Crippen LogP contribution in [0.1, 0.15) is 11.3 Å². The molecule has 16 heavy (non-hydrogen) atoms. The van der Waals surface area contributed by atoms with Crippen LogP contribution in [0.3, 0.4) is 0 Å². The van der Waals surface area contributed by atoms with Gasteiger partial charge < -0.3 is 0 Å². The van der Waals surface area contributed by atoms with Crippen molar-refractivity contribution in [3.8, 4) is 0 Å². The first-order valence-corrected chi connectivity index (χ1v) is 7.25. The van der Waals surface area contributed by atoms with E-state index in [0.29, 0.717) is 0 Å². The molecule has 0 fully saturated rings. The predicted molar refractivity (Wildman–Crippen MR) is 67.4 cm³/mol. The van der Waals surface area contributed by atoms with Gasteiger partial charge in [0.25, 0.3) is 0 Å². The Hall–Kier alpha value is -0.908. The molecule has 0 aliphatic rings. The fourth-order valence-electron chi connectivity index (χ4n) is 1.56. The van der Waals surface area contributed by atoms with Gasteiger partial charge in [0.2, 0.25) is 0 Å². The van der Waals surface area contributed by atoms with Crippen LogP contribution < -0.4 is 2.71 Å². The Labute approximate surface area is 112 Å². The molecule has 0 radical (unpaired) electrons. The number of benzene rings is 1. The molecule has 0 N–H and O–H groups in total. The van der Waals surface area contributed by atoms with Gasteiger partial charge in [0.1, 0.15) is 0 Å². The van der Waals surface area contributed by atoms with Crippen LogP contribution in [0.15, 0.2) is 48.7 Å². The third kappa shape index (κ3) is 3.04. The number of nitrogens with zero attached hydrogens (tertiary/aromatic N) is 2.